The number of rotatable bonds is 4. The molecule has 0 saturated carbocycles. The third-order valence-corrected chi connectivity index (χ3v) is 3.96. The molecule has 1 fully saturated rings. The molecule has 0 radical (unpaired) electrons. The standard InChI is InChI=1S/C16H17FN4O3/c1-24-14-10-11(17)2-4-13(14)20-6-8-21(9-7-20)15-5-3-12(16(22)23)18-19-15/h2-5,10H,6-9H2,1H3,(H,22,23). The molecule has 2 heterocycles. The number of carboxylic acid groups (broad SMARTS) is 1. The molecule has 1 aromatic heterocycles. The monoisotopic (exact) mass is 332 g/mol. The molecule has 126 valence electrons. The minimum atomic E-state index is -1.10. The van der Waals surface area contributed by atoms with E-state index in [1.54, 1.807) is 12.1 Å². The molecule has 2 aromatic rings. The number of halogens is 1. The SMILES string of the molecule is COc1cc(F)ccc1N1CCN(c2ccc(C(=O)O)nn2)CC1. The number of aromatic carboxylic acids is 1. The number of ether oxygens (including phenoxy) is 1. The van der Waals surface area contributed by atoms with Gasteiger partial charge in [0.1, 0.15) is 11.6 Å². The van der Waals surface area contributed by atoms with E-state index in [0.29, 0.717) is 37.7 Å². The minimum absolute atomic E-state index is 0.0755. The second kappa shape index (κ2) is 6.69. The van der Waals surface area contributed by atoms with Gasteiger partial charge in [0.2, 0.25) is 0 Å². The maximum Gasteiger partial charge on any atom is 0.356 e. The normalized spacial score (nSPS) is 14.6. The fourth-order valence-electron chi connectivity index (χ4n) is 2.70. The van der Waals surface area contributed by atoms with Crippen LogP contribution in [0.1, 0.15) is 10.5 Å². The Labute approximate surface area is 138 Å². The largest absolute Gasteiger partial charge is 0.494 e. The van der Waals surface area contributed by atoms with Crippen LogP contribution in [0.3, 0.4) is 0 Å². The van der Waals surface area contributed by atoms with E-state index in [4.69, 9.17) is 9.84 Å². The number of anilines is 2. The number of piperazine rings is 1. The Kier molecular flexibility index (Phi) is 4.45. The zero-order valence-electron chi connectivity index (χ0n) is 13.1. The van der Waals surface area contributed by atoms with Crippen LogP contribution in [0.5, 0.6) is 5.75 Å². The highest BCUT2D eigenvalue weighted by Gasteiger charge is 2.21. The van der Waals surface area contributed by atoms with Crippen molar-refractivity contribution in [3.05, 3.63) is 41.8 Å². The summed E-state index contributed by atoms with van der Waals surface area (Å²) in [5, 5.41) is 16.5. The maximum atomic E-state index is 13.3. The molecule has 24 heavy (non-hydrogen) atoms. The van der Waals surface area contributed by atoms with Gasteiger partial charge in [-0.2, -0.15) is 0 Å². The van der Waals surface area contributed by atoms with Gasteiger partial charge >= 0.3 is 5.97 Å². The Bertz CT molecular complexity index is 731. The van der Waals surface area contributed by atoms with Crippen LogP contribution < -0.4 is 14.5 Å². The summed E-state index contributed by atoms with van der Waals surface area (Å²) in [7, 11) is 1.52. The first kappa shape index (κ1) is 16.0. The van der Waals surface area contributed by atoms with Crippen molar-refractivity contribution in [2.75, 3.05) is 43.1 Å². The number of hydrogen-bond donors (Lipinski definition) is 1. The number of aromatic nitrogens is 2. The van der Waals surface area contributed by atoms with Crippen molar-refractivity contribution in [3.63, 3.8) is 0 Å². The molecule has 0 unspecified atom stereocenters. The summed E-state index contributed by atoms with van der Waals surface area (Å²) in [6.07, 6.45) is 0. The molecule has 0 aliphatic carbocycles. The van der Waals surface area contributed by atoms with E-state index in [-0.39, 0.29) is 11.5 Å². The Balaban J connectivity index is 1.68. The predicted molar refractivity (Wildman–Crippen MR) is 86.4 cm³/mol. The molecule has 7 nitrogen and oxygen atoms in total. The zero-order chi connectivity index (χ0) is 17.1. The van der Waals surface area contributed by atoms with Crippen LogP contribution in [-0.2, 0) is 0 Å². The number of nitrogens with zero attached hydrogens (tertiary/aromatic N) is 4. The lowest BCUT2D eigenvalue weighted by molar-refractivity contribution is 0.0689. The highest BCUT2D eigenvalue weighted by atomic mass is 19.1. The molecular formula is C16H17FN4O3. The molecule has 0 amide bonds. The highest BCUT2D eigenvalue weighted by molar-refractivity contribution is 5.85. The third kappa shape index (κ3) is 3.22. The van der Waals surface area contributed by atoms with E-state index in [0.717, 1.165) is 5.69 Å². The molecule has 1 aromatic carbocycles. The summed E-state index contributed by atoms with van der Waals surface area (Å²) in [6, 6.07) is 7.61. The summed E-state index contributed by atoms with van der Waals surface area (Å²) in [5.74, 6) is -0.273. The molecule has 8 heteroatoms. The highest BCUT2D eigenvalue weighted by Crippen LogP contribution is 2.30. The number of carboxylic acids is 1. The van der Waals surface area contributed by atoms with Gasteiger partial charge in [0, 0.05) is 32.2 Å². The Morgan fingerprint density at radius 1 is 1.12 bits per heavy atom. The average molecular weight is 332 g/mol. The van der Waals surface area contributed by atoms with Crippen LogP contribution in [0.15, 0.2) is 30.3 Å². The minimum Gasteiger partial charge on any atom is -0.494 e. The quantitative estimate of drug-likeness (QED) is 0.912. The van der Waals surface area contributed by atoms with Crippen molar-refractivity contribution < 1.29 is 19.0 Å². The van der Waals surface area contributed by atoms with E-state index in [1.165, 1.54) is 25.3 Å². The molecule has 0 atom stereocenters. The van der Waals surface area contributed by atoms with Gasteiger partial charge in [0.25, 0.3) is 0 Å². The first-order chi connectivity index (χ1) is 11.6. The number of carbonyl (C=O) groups is 1. The Morgan fingerprint density at radius 2 is 1.83 bits per heavy atom. The smallest absolute Gasteiger partial charge is 0.356 e. The van der Waals surface area contributed by atoms with Gasteiger partial charge in [-0.3, -0.25) is 0 Å². The summed E-state index contributed by atoms with van der Waals surface area (Å²) in [5.41, 5.74) is 0.777. The van der Waals surface area contributed by atoms with E-state index in [2.05, 4.69) is 15.1 Å². The molecule has 3 rings (SSSR count). The topological polar surface area (TPSA) is 78.8 Å². The zero-order valence-corrected chi connectivity index (χ0v) is 13.1. The van der Waals surface area contributed by atoms with Gasteiger partial charge in [-0.15, -0.1) is 10.2 Å². The second-order valence-electron chi connectivity index (χ2n) is 5.37. The first-order valence-electron chi connectivity index (χ1n) is 7.49. The van der Waals surface area contributed by atoms with Crippen LogP contribution in [-0.4, -0.2) is 54.6 Å². The summed E-state index contributed by atoms with van der Waals surface area (Å²) in [6.45, 7) is 2.82. The van der Waals surface area contributed by atoms with Crippen LogP contribution in [0.2, 0.25) is 0 Å². The molecule has 1 aliphatic rings. The fourth-order valence-corrected chi connectivity index (χ4v) is 2.70. The average Bonchev–Trinajstić information content (AvgIpc) is 2.62. The first-order valence-corrected chi connectivity index (χ1v) is 7.49. The maximum absolute atomic E-state index is 13.3. The molecule has 1 N–H and O–H groups in total. The second-order valence-corrected chi connectivity index (χ2v) is 5.37. The number of methoxy groups -OCH3 is 1. The molecular weight excluding hydrogens is 315 g/mol. The van der Waals surface area contributed by atoms with Gasteiger partial charge in [0.15, 0.2) is 11.5 Å². The van der Waals surface area contributed by atoms with E-state index in [1.807, 2.05) is 4.90 Å². The van der Waals surface area contributed by atoms with Crippen molar-refractivity contribution in [1.29, 1.82) is 0 Å². The van der Waals surface area contributed by atoms with Crippen molar-refractivity contribution in [3.8, 4) is 5.75 Å². The Hall–Kier alpha value is -2.90. The van der Waals surface area contributed by atoms with Crippen LogP contribution in [0.4, 0.5) is 15.9 Å². The van der Waals surface area contributed by atoms with E-state index < -0.39 is 5.97 Å². The summed E-state index contributed by atoms with van der Waals surface area (Å²) in [4.78, 5) is 15.0. The summed E-state index contributed by atoms with van der Waals surface area (Å²) >= 11 is 0. The lowest BCUT2D eigenvalue weighted by Gasteiger charge is -2.37. The van der Waals surface area contributed by atoms with E-state index in [9.17, 15) is 9.18 Å². The lowest BCUT2D eigenvalue weighted by Crippen LogP contribution is -2.47. The van der Waals surface area contributed by atoms with Crippen molar-refractivity contribution in [1.82, 2.24) is 10.2 Å². The fraction of sp³-hybridized carbons (Fsp3) is 0.312. The third-order valence-electron chi connectivity index (χ3n) is 3.96. The summed E-state index contributed by atoms with van der Waals surface area (Å²) < 4.78 is 18.6. The van der Waals surface area contributed by atoms with Gasteiger partial charge < -0.3 is 19.6 Å². The van der Waals surface area contributed by atoms with Gasteiger partial charge in [0.05, 0.1) is 12.8 Å². The number of benzene rings is 1. The van der Waals surface area contributed by atoms with Crippen molar-refractivity contribution in [2.45, 2.75) is 0 Å². The van der Waals surface area contributed by atoms with Crippen LogP contribution in [0, 0.1) is 5.82 Å². The van der Waals surface area contributed by atoms with E-state index >= 15 is 0 Å². The predicted octanol–water partition coefficient (Wildman–Crippen LogP) is 1.65. The Morgan fingerprint density at radius 3 is 2.42 bits per heavy atom. The van der Waals surface area contributed by atoms with Gasteiger partial charge in [-0.1, -0.05) is 0 Å². The molecule has 1 aliphatic heterocycles. The van der Waals surface area contributed by atoms with Gasteiger partial charge in [-0.25, -0.2) is 9.18 Å². The van der Waals surface area contributed by atoms with Crippen molar-refractivity contribution >= 4 is 17.5 Å². The van der Waals surface area contributed by atoms with Crippen molar-refractivity contribution in [2.24, 2.45) is 0 Å². The molecule has 0 spiro atoms. The number of hydrogen-bond acceptors (Lipinski definition) is 6. The lowest BCUT2D eigenvalue weighted by atomic mass is 10.2. The van der Waals surface area contributed by atoms with Crippen LogP contribution in [0.25, 0.3) is 0 Å². The molecule has 0 bridgehead atoms. The molecule has 1 saturated heterocycles. The van der Waals surface area contributed by atoms with Gasteiger partial charge in [-0.05, 0) is 24.3 Å². The van der Waals surface area contributed by atoms with Crippen LogP contribution >= 0.6 is 0 Å².